The second-order valence-corrected chi connectivity index (χ2v) is 17.2. The standard InChI is InChI=1S/C37H43N3O3Si/c1-37(2,3)44(31-17-11-7-12-18-31,32-19-13-8-14-20-32)43-34-22-29(21-30(34)25-41-24-28-15-9-6-10-16-28)33-26-42-35(23-38)36(33)39-27-40(4)5/h6-20,26-27,29-30,34H,21-22,24-25H2,1-5H3/t29?,30-,34+/m0/s1. The first kappa shape index (κ1) is 31.5. The molecule has 1 heterocycles. The van der Waals surface area contributed by atoms with Gasteiger partial charge in [-0.05, 0) is 39.7 Å². The van der Waals surface area contributed by atoms with Crippen molar-refractivity contribution in [2.45, 2.75) is 57.3 Å². The maximum atomic E-state index is 9.79. The molecule has 1 saturated carbocycles. The number of rotatable bonds is 11. The molecule has 0 aliphatic heterocycles. The summed E-state index contributed by atoms with van der Waals surface area (Å²) in [5, 5.41) is 12.2. The van der Waals surface area contributed by atoms with Crippen molar-refractivity contribution in [3.8, 4) is 6.07 Å². The predicted octanol–water partition coefficient (Wildman–Crippen LogP) is 7.03. The van der Waals surface area contributed by atoms with Gasteiger partial charge in [-0.25, -0.2) is 4.99 Å². The number of ether oxygens (including phenoxy) is 1. The lowest BCUT2D eigenvalue weighted by atomic mass is 9.97. The number of aliphatic imine (C=N–C) groups is 1. The van der Waals surface area contributed by atoms with Gasteiger partial charge in [-0.1, -0.05) is 112 Å². The molecule has 4 aromatic rings. The molecule has 0 spiro atoms. The Balaban J connectivity index is 1.54. The van der Waals surface area contributed by atoms with E-state index in [0.29, 0.717) is 18.9 Å². The molecule has 1 aromatic heterocycles. The van der Waals surface area contributed by atoms with Crippen LogP contribution in [0.15, 0.2) is 107 Å². The van der Waals surface area contributed by atoms with Gasteiger partial charge in [0, 0.05) is 25.6 Å². The van der Waals surface area contributed by atoms with Gasteiger partial charge in [0.05, 0.1) is 31.9 Å². The molecule has 5 rings (SSSR count). The molecule has 1 fully saturated rings. The van der Waals surface area contributed by atoms with Gasteiger partial charge in [0.1, 0.15) is 11.8 Å². The van der Waals surface area contributed by atoms with E-state index in [9.17, 15) is 5.26 Å². The monoisotopic (exact) mass is 605 g/mol. The first-order valence-corrected chi connectivity index (χ1v) is 17.3. The Morgan fingerprint density at radius 1 is 0.932 bits per heavy atom. The lowest BCUT2D eigenvalue weighted by Crippen LogP contribution is -2.68. The summed E-state index contributed by atoms with van der Waals surface area (Å²) in [7, 11) is 1.03. The number of nitrogens with zero attached hydrogens (tertiary/aromatic N) is 3. The number of hydrogen-bond acceptors (Lipinski definition) is 5. The molecule has 0 amide bonds. The van der Waals surface area contributed by atoms with Gasteiger partial charge in [0.25, 0.3) is 8.32 Å². The highest BCUT2D eigenvalue weighted by Gasteiger charge is 2.53. The van der Waals surface area contributed by atoms with E-state index in [-0.39, 0.29) is 28.7 Å². The van der Waals surface area contributed by atoms with E-state index in [1.165, 1.54) is 10.4 Å². The second kappa shape index (κ2) is 13.8. The molecule has 0 saturated heterocycles. The molecule has 3 aromatic carbocycles. The molecule has 0 bridgehead atoms. The summed E-state index contributed by atoms with van der Waals surface area (Å²) >= 11 is 0. The van der Waals surface area contributed by atoms with Crippen LogP contribution in [-0.4, -0.2) is 46.4 Å². The van der Waals surface area contributed by atoms with Crippen LogP contribution in [0.4, 0.5) is 5.69 Å². The fourth-order valence-electron chi connectivity index (χ4n) is 6.52. The van der Waals surface area contributed by atoms with Crippen LogP contribution in [0.25, 0.3) is 0 Å². The predicted molar refractivity (Wildman–Crippen MR) is 179 cm³/mol. The summed E-state index contributed by atoms with van der Waals surface area (Å²) in [6.07, 6.45) is 5.03. The SMILES string of the molecule is CN(C)C=Nc1c(C2C[C@@H](COCc3ccccc3)[C@H](O[Si](c3ccccc3)(c3ccccc3)C(C)(C)C)C2)coc1C#N. The van der Waals surface area contributed by atoms with E-state index in [2.05, 4.69) is 105 Å². The van der Waals surface area contributed by atoms with E-state index in [1.807, 2.05) is 37.2 Å². The van der Waals surface area contributed by atoms with E-state index < -0.39 is 8.32 Å². The summed E-state index contributed by atoms with van der Waals surface area (Å²) in [5.41, 5.74) is 2.72. The van der Waals surface area contributed by atoms with Gasteiger partial charge in [-0.2, -0.15) is 5.26 Å². The van der Waals surface area contributed by atoms with Crippen LogP contribution in [-0.2, 0) is 15.8 Å². The van der Waals surface area contributed by atoms with Crippen LogP contribution in [0.5, 0.6) is 0 Å². The minimum atomic E-state index is -2.80. The topological polar surface area (TPSA) is 71.0 Å². The number of nitriles is 1. The van der Waals surface area contributed by atoms with Gasteiger partial charge in [0.2, 0.25) is 5.76 Å². The molecule has 3 atom stereocenters. The Morgan fingerprint density at radius 3 is 2.07 bits per heavy atom. The molecule has 6 nitrogen and oxygen atoms in total. The average molecular weight is 606 g/mol. The first-order chi connectivity index (χ1) is 21.2. The van der Waals surface area contributed by atoms with Crippen LogP contribution in [0.3, 0.4) is 0 Å². The summed E-state index contributed by atoms with van der Waals surface area (Å²) < 4.78 is 19.8. The maximum Gasteiger partial charge on any atom is 0.261 e. The third-order valence-corrected chi connectivity index (χ3v) is 13.6. The highest BCUT2D eigenvalue weighted by Crippen LogP contribution is 2.48. The lowest BCUT2D eigenvalue weighted by molar-refractivity contribution is 0.0427. The van der Waals surface area contributed by atoms with E-state index >= 15 is 0 Å². The highest BCUT2D eigenvalue weighted by atomic mass is 28.4. The Bertz CT molecular complexity index is 1520. The number of benzene rings is 3. The molecule has 7 heteroatoms. The van der Waals surface area contributed by atoms with Crippen molar-refractivity contribution in [2.75, 3.05) is 20.7 Å². The fraction of sp³-hybridized carbons (Fsp3) is 0.351. The first-order valence-electron chi connectivity index (χ1n) is 15.4. The Kier molecular flexibility index (Phi) is 9.85. The number of furan rings is 1. The van der Waals surface area contributed by atoms with Crippen molar-refractivity contribution in [2.24, 2.45) is 10.9 Å². The van der Waals surface area contributed by atoms with Crippen molar-refractivity contribution >= 4 is 30.7 Å². The van der Waals surface area contributed by atoms with Gasteiger partial charge in [-0.15, -0.1) is 0 Å². The third-order valence-electron chi connectivity index (χ3n) is 8.57. The van der Waals surface area contributed by atoms with E-state index in [4.69, 9.17) is 13.6 Å². The van der Waals surface area contributed by atoms with Gasteiger partial charge in [-0.3, -0.25) is 0 Å². The van der Waals surface area contributed by atoms with Gasteiger partial charge >= 0.3 is 0 Å². The quantitative estimate of drug-likeness (QED) is 0.104. The van der Waals surface area contributed by atoms with Crippen molar-refractivity contribution in [1.82, 2.24) is 4.90 Å². The van der Waals surface area contributed by atoms with Crippen molar-refractivity contribution in [3.05, 3.63) is 114 Å². The second-order valence-electron chi connectivity index (χ2n) is 12.9. The molecular formula is C37H43N3O3Si. The van der Waals surface area contributed by atoms with Crippen molar-refractivity contribution < 1.29 is 13.6 Å². The Morgan fingerprint density at radius 2 is 1.52 bits per heavy atom. The van der Waals surface area contributed by atoms with Crippen LogP contribution < -0.4 is 10.4 Å². The lowest BCUT2D eigenvalue weighted by Gasteiger charge is -2.45. The molecule has 0 radical (unpaired) electrons. The largest absolute Gasteiger partial charge is 0.451 e. The van der Waals surface area contributed by atoms with Crippen LogP contribution in [0.2, 0.25) is 5.04 Å². The average Bonchev–Trinajstić information content (AvgIpc) is 3.62. The minimum Gasteiger partial charge on any atom is -0.451 e. The van der Waals surface area contributed by atoms with Crippen molar-refractivity contribution in [3.63, 3.8) is 0 Å². The van der Waals surface area contributed by atoms with E-state index in [0.717, 1.165) is 24.0 Å². The summed E-state index contributed by atoms with van der Waals surface area (Å²) in [4.78, 5) is 6.53. The van der Waals surface area contributed by atoms with Crippen LogP contribution in [0, 0.1) is 17.2 Å². The van der Waals surface area contributed by atoms with Gasteiger partial charge in [0.15, 0.2) is 0 Å². The van der Waals surface area contributed by atoms with E-state index in [1.54, 1.807) is 12.6 Å². The molecule has 228 valence electrons. The molecule has 0 N–H and O–H groups in total. The van der Waals surface area contributed by atoms with Crippen molar-refractivity contribution in [1.29, 1.82) is 5.26 Å². The smallest absolute Gasteiger partial charge is 0.261 e. The molecule has 1 unspecified atom stereocenters. The summed E-state index contributed by atoms with van der Waals surface area (Å²) in [6.45, 7) is 8.08. The zero-order valence-corrected chi connectivity index (χ0v) is 27.4. The van der Waals surface area contributed by atoms with Gasteiger partial charge < -0.3 is 18.5 Å². The Hall–Kier alpha value is -3.96. The highest BCUT2D eigenvalue weighted by molar-refractivity contribution is 6.99. The fourth-order valence-corrected chi connectivity index (χ4v) is 11.3. The summed E-state index contributed by atoms with van der Waals surface area (Å²) in [6, 6.07) is 34.1. The molecular weight excluding hydrogens is 563 g/mol. The normalized spacial score (nSPS) is 18.9. The molecule has 1 aliphatic rings. The molecule has 44 heavy (non-hydrogen) atoms. The summed E-state index contributed by atoms with van der Waals surface area (Å²) in [5.74, 6) is 0.506. The van der Waals surface area contributed by atoms with Crippen LogP contribution in [0.1, 0.15) is 56.4 Å². The third kappa shape index (κ3) is 6.73. The zero-order chi connectivity index (χ0) is 31.2. The maximum absolute atomic E-state index is 9.79. The Labute approximate surface area is 263 Å². The molecule has 1 aliphatic carbocycles. The minimum absolute atomic E-state index is 0.0619. The van der Waals surface area contributed by atoms with Crippen LogP contribution >= 0.6 is 0 Å². The zero-order valence-electron chi connectivity index (χ0n) is 26.4. The number of hydrogen-bond donors (Lipinski definition) is 0.